The van der Waals surface area contributed by atoms with E-state index < -0.39 is 11.6 Å². The molecule has 0 unspecified atom stereocenters. The van der Waals surface area contributed by atoms with Crippen LogP contribution in [0.3, 0.4) is 0 Å². The number of urea groups is 1. The molecule has 1 atom stereocenters. The molecular weight excluding hydrogens is 316 g/mol. The molecule has 1 fully saturated rings. The normalized spacial score (nSPS) is 16.9. The maximum atomic E-state index is 12.0. The van der Waals surface area contributed by atoms with Crippen LogP contribution in [0, 0.1) is 13.8 Å². The summed E-state index contributed by atoms with van der Waals surface area (Å²) in [5.41, 5.74) is -0.540. The molecule has 2 heterocycles. The first-order chi connectivity index (χ1) is 10.8. The third kappa shape index (κ3) is 3.70. The summed E-state index contributed by atoms with van der Waals surface area (Å²) in [4.78, 5) is 12.0. The van der Waals surface area contributed by atoms with Crippen molar-refractivity contribution in [2.24, 2.45) is 0 Å². The van der Waals surface area contributed by atoms with Gasteiger partial charge in [-0.05, 0) is 39.7 Å². The minimum Gasteiger partial charge on any atom is -0.466 e. The summed E-state index contributed by atoms with van der Waals surface area (Å²) >= 11 is 1.40. The van der Waals surface area contributed by atoms with Gasteiger partial charge in [-0.3, -0.25) is 5.32 Å². The number of nitrogens with zero attached hydrogens (tertiary/aromatic N) is 2. The van der Waals surface area contributed by atoms with E-state index in [1.807, 2.05) is 6.92 Å². The zero-order chi connectivity index (χ0) is 16.6. The first-order valence-corrected chi connectivity index (χ1v) is 8.35. The molecule has 1 aliphatic rings. The molecule has 23 heavy (non-hydrogen) atoms. The van der Waals surface area contributed by atoms with Gasteiger partial charge in [-0.2, -0.15) is 0 Å². The molecule has 1 saturated carbocycles. The van der Waals surface area contributed by atoms with E-state index in [1.54, 1.807) is 19.9 Å². The van der Waals surface area contributed by atoms with Crippen LogP contribution >= 0.6 is 11.3 Å². The van der Waals surface area contributed by atoms with Crippen molar-refractivity contribution in [1.29, 1.82) is 0 Å². The number of anilines is 1. The number of carbonyl (C=O) groups excluding carboxylic acids is 1. The Labute approximate surface area is 138 Å². The fraction of sp³-hybridized carbons (Fsp3) is 0.533. The van der Waals surface area contributed by atoms with Crippen LogP contribution in [-0.2, 0) is 5.60 Å². The van der Waals surface area contributed by atoms with E-state index in [1.165, 1.54) is 11.3 Å². The number of amides is 2. The van der Waals surface area contributed by atoms with Crippen LogP contribution in [0.1, 0.15) is 47.8 Å². The van der Waals surface area contributed by atoms with Crippen molar-refractivity contribution < 1.29 is 14.3 Å². The second kappa shape index (κ2) is 5.93. The Hall–Kier alpha value is -1.93. The SMILES string of the molecule is Cc1cc([C@@](C)(O)CNC(=O)Nc2nnc(C3CC3)s2)c(C)o1. The fourth-order valence-corrected chi connectivity index (χ4v) is 3.34. The van der Waals surface area contributed by atoms with E-state index in [2.05, 4.69) is 20.8 Å². The monoisotopic (exact) mass is 336 g/mol. The number of rotatable bonds is 5. The summed E-state index contributed by atoms with van der Waals surface area (Å²) in [5, 5.41) is 25.3. The third-order valence-electron chi connectivity index (χ3n) is 3.80. The van der Waals surface area contributed by atoms with Gasteiger partial charge in [0.15, 0.2) is 0 Å². The van der Waals surface area contributed by atoms with E-state index in [9.17, 15) is 9.90 Å². The van der Waals surface area contributed by atoms with Crippen molar-refractivity contribution in [2.75, 3.05) is 11.9 Å². The van der Waals surface area contributed by atoms with E-state index in [-0.39, 0.29) is 6.54 Å². The molecule has 2 aromatic heterocycles. The second-order valence-electron chi connectivity index (χ2n) is 6.13. The molecule has 7 nitrogen and oxygen atoms in total. The molecule has 0 radical (unpaired) electrons. The van der Waals surface area contributed by atoms with Gasteiger partial charge >= 0.3 is 6.03 Å². The van der Waals surface area contributed by atoms with Gasteiger partial charge in [0.25, 0.3) is 0 Å². The largest absolute Gasteiger partial charge is 0.466 e. The lowest BCUT2D eigenvalue weighted by Gasteiger charge is -2.23. The highest BCUT2D eigenvalue weighted by atomic mass is 32.1. The maximum Gasteiger partial charge on any atom is 0.321 e. The van der Waals surface area contributed by atoms with Gasteiger partial charge in [0.1, 0.15) is 22.1 Å². The number of carbonyl (C=O) groups is 1. The molecule has 3 N–H and O–H groups in total. The molecule has 8 heteroatoms. The smallest absolute Gasteiger partial charge is 0.321 e. The van der Waals surface area contributed by atoms with Gasteiger partial charge in [0.2, 0.25) is 5.13 Å². The summed E-state index contributed by atoms with van der Waals surface area (Å²) in [5.74, 6) is 1.88. The highest BCUT2D eigenvalue weighted by molar-refractivity contribution is 7.15. The van der Waals surface area contributed by atoms with Crippen LogP contribution < -0.4 is 10.6 Å². The van der Waals surface area contributed by atoms with Crippen molar-refractivity contribution in [1.82, 2.24) is 15.5 Å². The standard InChI is InChI=1S/C15H20N4O3S/c1-8-6-11(9(2)22-8)15(3,21)7-16-13(20)17-14-19-18-12(23-14)10-4-5-10/h6,10,21H,4-5,7H2,1-3H3,(H2,16,17,19,20)/t15-/m0/s1. The minimum atomic E-state index is -1.21. The Morgan fingerprint density at radius 1 is 1.48 bits per heavy atom. The van der Waals surface area contributed by atoms with E-state index in [4.69, 9.17) is 4.42 Å². The third-order valence-corrected chi connectivity index (χ3v) is 4.80. The molecule has 1 aliphatic carbocycles. The Morgan fingerprint density at radius 3 is 2.83 bits per heavy atom. The fourth-order valence-electron chi connectivity index (χ4n) is 2.43. The Bertz CT molecular complexity index is 718. The van der Waals surface area contributed by atoms with Crippen LogP contribution in [0.2, 0.25) is 0 Å². The van der Waals surface area contributed by atoms with Crippen LogP contribution in [0.5, 0.6) is 0 Å². The van der Waals surface area contributed by atoms with Gasteiger partial charge in [0.05, 0.1) is 6.54 Å². The Kier molecular flexibility index (Phi) is 4.11. The lowest BCUT2D eigenvalue weighted by atomic mass is 9.96. The molecule has 0 bridgehead atoms. The average Bonchev–Trinajstić information content (AvgIpc) is 3.13. The second-order valence-corrected chi connectivity index (χ2v) is 7.14. The van der Waals surface area contributed by atoms with Crippen LogP contribution in [0.25, 0.3) is 0 Å². The predicted molar refractivity (Wildman–Crippen MR) is 86.7 cm³/mol. The van der Waals surface area contributed by atoms with Gasteiger partial charge < -0.3 is 14.8 Å². The number of nitrogens with one attached hydrogen (secondary N) is 2. The Balaban J connectivity index is 1.56. The zero-order valence-corrected chi connectivity index (χ0v) is 14.2. The number of hydrogen-bond donors (Lipinski definition) is 3. The number of aliphatic hydroxyl groups is 1. The molecule has 0 aliphatic heterocycles. The van der Waals surface area contributed by atoms with Gasteiger partial charge in [0, 0.05) is 11.5 Å². The number of aromatic nitrogens is 2. The molecule has 0 spiro atoms. The maximum absolute atomic E-state index is 12.0. The first kappa shape index (κ1) is 15.9. The van der Waals surface area contributed by atoms with Gasteiger partial charge in [-0.25, -0.2) is 4.79 Å². The summed E-state index contributed by atoms with van der Waals surface area (Å²) in [6, 6.07) is 1.36. The molecule has 0 saturated heterocycles. The number of aryl methyl sites for hydroxylation is 2. The van der Waals surface area contributed by atoms with Crippen molar-refractivity contribution >= 4 is 22.5 Å². The van der Waals surface area contributed by atoms with Crippen molar-refractivity contribution in [3.05, 3.63) is 28.2 Å². The van der Waals surface area contributed by atoms with E-state index in [0.29, 0.717) is 22.4 Å². The summed E-state index contributed by atoms with van der Waals surface area (Å²) in [6.45, 7) is 5.31. The summed E-state index contributed by atoms with van der Waals surface area (Å²) < 4.78 is 5.43. The first-order valence-electron chi connectivity index (χ1n) is 7.53. The van der Waals surface area contributed by atoms with Crippen molar-refractivity contribution in [2.45, 2.75) is 45.1 Å². The predicted octanol–water partition coefficient (Wildman–Crippen LogP) is 2.65. The van der Waals surface area contributed by atoms with Gasteiger partial charge in [-0.15, -0.1) is 10.2 Å². The molecule has 3 rings (SSSR count). The lowest BCUT2D eigenvalue weighted by Crippen LogP contribution is -2.40. The van der Waals surface area contributed by atoms with Crippen LogP contribution in [0.4, 0.5) is 9.93 Å². The molecule has 2 amide bonds. The van der Waals surface area contributed by atoms with E-state index >= 15 is 0 Å². The summed E-state index contributed by atoms with van der Waals surface area (Å²) in [7, 11) is 0. The molecule has 0 aromatic carbocycles. The highest BCUT2D eigenvalue weighted by Crippen LogP contribution is 2.42. The van der Waals surface area contributed by atoms with E-state index in [0.717, 1.165) is 23.6 Å². The number of hydrogen-bond acceptors (Lipinski definition) is 6. The quantitative estimate of drug-likeness (QED) is 0.779. The topological polar surface area (TPSA) is 100 Å². The minimum absolute atomic E-state index is 0.0624. The summed E-state index contributed by atoms with van der Waals surface area (Å²) in [6.07, 6.45) is 2.29. The van der Waals surface area contributed by atoms with Crippen LogP contribution in [0.15, 0.2) is 10.5 Å². The molecule has 124 valence electrons. The van der Waals surface area contributed by atoms with Crippen molar-refractivity contribution in [3.63, 3.8) is 0 Å². The Morgan fingerprint density at radius 2 is 2.22 bits per heavy atom. The average molecular weight is 336 g/mol. The zero-order valence-electron chi connectivity index (χ0n) is 13.3. The van der Waals surface area contributed by atoms with Crippen LogP contribution in [-0.4, -0.2) is 27.9 Å². The molecular formula is C15H20N4O3S. The number of furan rings is 1. The van der Waals surface area contributed by atoms with Gasteiger partial charge in [-0.1, -0.05) is 11.3 Å². The highest BCUT2D eigenvalue weighted by Gasteiger charge is 2.29. The lowest BCUT2D eigenvalue weighted by molar-refractivity contribution is 0.0584. The van der Waals surface area contributed by atoms with Crippen molar-refractivity contribution in [3.8, 4) is 0 Å². The molecule has 2 aromatic rings.